The van der Waals surface area contributed by atoms with Crippen molar-refractivity contribution in [3.8, 4) is 11.1 Å². The minimum absolute atomic E-state index is 0.172. The summed E-state index contributed by atoms with van der Waals surface area (Å²) in [6, 6.07) is 24.5. The van der Waals surface area contributed by atoms with Crippen molar-refractivity contribution in [1.82, 2.24) is 15.5 Å². The standard InChI is InChI=1S/C30H33ClN4O2/c31-26-10-6-7-23(21-26)22-28(15-16-29(36)32-17-20-35-18-4-5-19-35)34-30(37)33-27-13-11-25(12-14-27)24-8-2-1-3-9-24/h1-3,6-16,21,28H,4-5,17-20,22H2,(H,32,36)(H2,33,34,37)/t28-/m1/s1. The summed E-state index contributed by atoms with van der Waals surface area (Å²) in [5.41, 5.74) is 3.83. The maximum atomic E-state index is 12.8. The third-order valence-electron chi connectivity index (χ3n) is 6.32. The third-order valence-corrected chi connectivity index (χ3v) is 6.55. The van der Waals surface area contributed by atoms with Crippen molar-refractivity contribution in [2.75, 3.05) is 31.5 Å². The molecule has 0 bridgehead atoms. The number of carbonyl (C=O) groups is 2. The third kappa shape index (κ3) is 8.77. The van der Waals surface area contributed by atoms with E-state index in [2.05, 4.69) is 20.9 Å². The number of nitrogens with zero attached hydrogens (tertiary/aromatic N) is 1. The monoisotopic (exact) mass is 516 g/mol. The van der Waals surface area contributed by atoms with E-state index in [-0.39, 0.29) is 11.9 Å². The van der Waals surface area contributed by atoms with E-state index in [0.717, 1.165) is 36.3 Å². The highest BCUT2D eigenvalue weighted by molar-refractivity contribution is 6.30. The molecular weight excluding hydrogens is 484 g/mol. The van der Waals surface area contributed by atoms with Gasteiger partial charge in [0, 0.05) is 29.9 Å². The number of urea groups is 1. The zero-order chi connectivity index (χ0) is 25.9. The van der Waals surface area contributed by atoms with E-state index in [4.69, 9.17) is 11.6 Å². The van der Waals surface area contributed by atoms with Gasteiger partial charge in [-0.3, -0.25) is 4.79 Å². The molecule has 6 nitrogen and oxygen atoms in total. The van der Waals surface area contributed by atoms with Crippen molar-refractivity contribution in [3.63, 3.8) is 0 Å². The molecule has 1 fully saturated rings. The van der Waals surface area contributed by atoms with Gasteiger partial charge in [0.1, 0.15) is 0 Å². The zero-order valence-corrected chi connectivity index (χ0v) is 21.6. The van der Waals surface area contributed by atoms with Crippen LogP contribution >= 0.6 is 11.6 Å². The molecule has 3 N–H and O–H groups in total. The summed E-state index contributed by atoms with van der Waals surface area (Å²) >= 11 is 6.15. The van der Waals surface area contributed by atoms with Gasteiger partial charge in [-0.2, -0.15) is 0 Å². The second kappa shape index (κ2) is 13.6. The van der Waals surface area contributed by atoms with Crippen molar-refractivity contribution < 1.29 is 9.59 Å². The Morgan fingerprint density at radius 2 is 1.65 bits per heavy atom. The Balaban J connectivity index is 1.35. The molecule has 0 aromatic heterocycles. The molecule has 37 heavy (non-hydrogen) atoms. The molecule has 0 saturated carbocycles. The molecule has 1 heterocycles. The maximum Gasteiger partial charge on any atom is 0.319 e. The first-order chi connectivity index (χ1) is 18.0. The summed E-state index contributed by atoms with van der Waals surface area (Å²) in [6.07, 6.45) is 6.17. The molecule has 0 unspecified atom stereocenters. The zero-order valence-electron chi connectivity index (χ0n) is 20.8. The first-order valence-electron chi connectivity index (χ1n) is 12.7. The fourth-order valence-electron chi connectivity index (χ4n) is 4.40. The highest BCUT2D eigenvalue weighted by Crippen LogP contribution is 2.21. The quantitative estimate of drug-likeness (QED) is 0.311. The van der Waals surface area contributed by atoms with Gasteiger partial charge in [0.25, 0.3) is 0 Å². The number of nitrogens with one attached hydrogen (secondary N) is 3. The summed E-state index contributed by atoms with van der Waals surface area (Å²) in [5, 5.41) is 9.41. The Hall–Kier alpha value is -3.61. The highest BCUT2D eigenvalue weighted by Gasteiger charge is 2.13. The Labute approximate surface area is 223 Å². The van der Waals surface area contributed by atoms with Gasteiger partial charge < -0.3 is 20.9 Å². The second-order valence-electron chi connectivity index (χ2n) is 9.18. The minimum Gasteiger partial charge on any atom is -0.351 e. The smallest absolute Gasteiger partial charge is 0.319 e. The van der Waals surface area contributed by atoms with Gasteiger partial charge in [-0.25, -0.2) is 4.79 Å². The lowest BCUT2D eigenvalue weighted by molar-refractivity contribution is -0.116. The average molecular weight is 517 g/mol. The van der Waals surface area contributed by atoms with Crippen LogP contribution in [0.1, 0.15) is 18.4 Å². The molecule has 0 radical (unpaired) electrons. The van der Waals surface area contributed by atoms with Crippen LogP contribution in [0.3, 0.4) is 0 Å². The fourth-order valence-corrected chi connectivity index (χ4v) is 4.62. The highest BCUT2D eigenvalue weighted by atomic mass is 35.5. The molecule has 7 heteroatoms. The predicted octanol–water partition coefficient (Wildman–Crippen LogP) is 5.51. The molecule has 1 saturated heterocycles. The van der Waals surface area contributed by atoms with E-state index in [1.54, 1.807) is 6.08 Å². The van der Waals surface area contributed by atoms with Crippen LogP contribution in [0.5, 0.6) is 0 Å². The molecule has 1 atom stereocenters. The van der Waals surface area contributed by atoms with Crippen LogP contribution < -0.4 is 16.0 Å². The van der Waals surface area contributed by atoms with Gasteiger partial charge in [-0.05, 0) is 73.3 Å². The van der Waals surface area contributed by atoms with Gasteiger partial charge in [0.15, 0.2) is 0 Å². The summed E-state index contributed by atoms with van der Waals surface area (Å²) in [5.74, 6) is -0.172. The lowest BCUT2D eigenvalue weighted by Gasteiger charge is -2.17. The number of rotatable bonds is 10. The maximum absolute atomic E-state index is 12.8. The van der Waals surface area contributed by atoms with Crippen molar-refractivity contribution >= 4 is 29.2 Å². The number of hydrogen-bond donors (Lipinski definition) is 3. The van der Waals surface area contributed by atoms with Crippen LogP contribution in [0.25, 0.3) is 11.1 Å². The molecule has 192 valence electrons. The van der Waals surface area contributed by atoms with Gasteiger partial charge in [0.05, 0.1) is 6.04 Å². The first kappa shape index (κ1) is 26.5. The van der Waals surface area contributed by atoms with Crippen LogP contribution in [0.2, 0.25) is 5.02 Å². The molecule has 3 aromatic rings. The predicted molar refractivity (Wildman–Crippen MR) is 151 cm³/mol. The Morgan fingerprint density at radius 3 is 2.38 bits per heavy atom. The Morgan fingerprint density at radius 1 is 0.919 bits per heavy atom. The average Bonchev–Trinajstić information content (AvgIpc) is 3.42. The summed E-state index contributed by atoms with van der Waals surface area (Å²) < 4.78 is 0. The lowest BCUT2D eigenvalue weighted by atomic mass is 10.1. The van der Waals surface area contributed by atoms with Gasteiger partial charge >= 0.3 is 6.03 Å². The summed E-state index contributed by atoms with van der Waals surface area (Å²) in [7, 11) is 0. The van der Waals surface area contributed by atoms with Crippen molar-refractivity contribution in [2.24, 2.45) is 0 Å². The number of anilines is 1. The minimum atomic E-state index is -0.397. The number of likely N-dealkylation sites (tertiary alicyclic amines) is 1. The van der Waals surface area contributed by atoms with E-state index in [1.165, 1.54) is 18.9 Å². The molecule has 4 rings (SSSR count). The normalized spacial score (nSPS) is 14.4. The van der Waals surface area contributed by atoms with E-state index in [9.17, 15) is 9.59 Å². The van der Waals surface area contributed by atoms with Crippen LogP contribution in [-0.2, 0) is 11.2 Å². The topological polar surface area (TPSA) is 73.5 Å². The summed E-state index contributed by atoms with van der Waals surface area (Å²) in [4.78, 5) is 27.5. The van der Waals surface area contributed by atoms with E-state index in [1.807, 2.05) is 78.9 Å². The largest absolute Gasteiger partial charge is 0.351 e. The molecule has 3 amide bonds. The molecular formula is C30H33ClN4O2. The number of carbonyl (C=O) groups excluding carboxylic acids is 2. The van der Waals surface area contributed by atoms with Crippen molar-refractivity contribution in [1.29, 1.82) is 0 Å². The molecule has 1 aliphatic rings. The van der Waals surface area contributed by atoms with E-state index in [0.29, 0.717) is 23.7 Å². The number of halogens is 1. The van der Waals surface area contributed by atoms with E-state index >= 15 is 0 Å². The second-order valence-corrected chi connectivity index (χ2v) is 9.62. The Kier molecular flexibility index (Phi) is 9.74. The molecule has 3 aromatic carbocycles. The van der Waals surface area contributed by atoms with Crippen LogP contribution in [0.15, 0.2) is 91.0 Å². The molecule has 1 aliphatic heterocycles. The van der Waals surface area contributed by atoms with Crippen LogP contribution in [0, 0.1) is 0 Å². The van der Waals surface area contributed by atoms with Crippen LogP contribution in [-0.4, -0.2) is 49.1 Å². The van der Waals surface area contributed by atoms with Crippen molar-refractivity contribution in [2.45, 2.75) is 25.3 Å². The van der Waals surface area contributed by atoms with Crippen LogP contribution in [0.4, 0.5) is 10.5 Å². The van der Waals surface area contributed by atoms with Gasteiger partial charge in [-0.15, -0.1) is 0 Å². The fraction of sp³-hybridized carbons (Fsp3) is 0.267. The lowest BCUT2D eigenvalue weighted by Crippen LogP contribution is -2.38. The first-order valence-corrected chi connectivity index (χ1v) is 13.1. The molecule has 0 spiro atoms. The number of amides is 3. The Bertz CT molecular complexity index is 1190. The number of hydrogen-bond acceptors (Lipinski definition) is 3. The van der Waals surface area contributed by atoms with Gasteiger partial charge in [-0.1, -0.05) is 72.3 Å². The summed E-state index contributed by atoms with van der Waals surface area (Å²) in [6.45, 7) is 3.66. The SMILES string of the molecule is O=C(C=C[C@H](Cc1cccc(Cl)c1)NC(=O)Nc1ccc(-c2ccccc2)cc1)NCCN1CCCC1. The number of benzene rings is 3. The van der Waals surface area contributed by atoms with Gasteiger partial charge in [0.2, 0.25) is 5.91 Å². The molecule has 0 aliphatic carbocycles. The van der Waals surface area contributed by atoms with Crippen molar-refractivity contribution in [3.05, 3.63) is 102 Å². The van der Waals surface area contributed by atoms with E-state index < -0.39 is 6.04 Å².